The van der Waals surface area contributed by atoms with Crippen LogP contribution in [0.3, 0.4) is 0 Å². The molecule has 0 aliphatic carbocycles. The highest BCUT2D eigenvalue weighted by molar-refractivity contribution is 7.99. The van der Waals surface area contributed by atoms with Gasteiger partial charge >= 0.3 is 0 Å². The lowest BCUT2D eigenvalue weighted by molar-refractivity contribution is 0.101. The lowest BCUT2D eigenvalue weighted by Gasteiger charge is -2.26. The number of anilines is 1. The van der Waals surface area contributed by atoms with E-state index >= 15 is 0 Å². The zero-order valence-corrected chi connectivity index (χ0v) is 17.1. The molecule has 150 valence electrons. The number of carbonyl (C=O) groups excluding carboxylic acids is 1. The third-order valence-electron chi connectivity index (χ3n) is 4.66. The number of nitrogens with one attached hydrogen (secondary N) is 1. The number of hydrogen-bond acceptors (Lipinski definition) is 6. The van der Waals surface area contributed by atoms with Crippen LogP contribution in [-0.4, -0.2) is 58.9 Å². The quantitative estimate of drug-likeness (QED) is 0.763. The van der Waals surface area contributed by atoms with Crippen molar-refractivity contribution in [3.63, 3.8) is 0 Å². The minimum Gasteiger partial charge on any atom is -0.383 e. The maximum absolute atomic E-state index is 12.6. The Morgan fingerprint density at radius 3 is 2.75 bits per heavy atom. The summed E-state index contributed by atoms with van der Waals surface area (Å²) in [6.07, 6.45) is 0. The SMILES string of the molecule is COCCn1nc(C(=O)Nc2ccc(CN3CCSCC3)cc2C)ccc1=O. The second-order valence-electron chi connectivity index (χ2n) is 6.76. The molecule has 1 fully saturated rings. The van der Waals surface area contributed by atoms with E-state index in [2.05, 4.69) is 27.4 Å². The Morgan fingerprint density at radius 1 is 1.25 bits per heavy atom. The molecule has 1 aromatic carbocycles. The molecule has 0 saturated carbocycles. The van der Waals surface area contributed by atoms with Gasteiger partial charge in [0.1, 0.15) is 5.69 Å². The number of nitrogens with zero attached hydrogens (tertiary/aromatic N) is 3. The van der Waals surface area contributed by atoms with E-state index in [1.54, 1.807) is 7.11 Å². The molecular weight excluding hydrogens is 376 g/mol. The van der Waals surface area contributed by atoms with Crippen LogP contribution < -0.4 is 10.9 Å². The van der Waals surface area contributed by atoms with Crippen molar-refractivity contribution in [2.45, 2.75) is 20.0 Å². The van der Waals surface area contributed by atoms with Crippen LogP contribution in [0.2, 0.25) is 0 Å². The lowest BCUT2D eigenvalue weighted by atomic mass is 10.1. The molecule has 1 saturated heterocycles. The molecule has 0 bridgehead atoms. The molecule has 28 heavy (non-hydrogen) atoms. The van der Waals surface area contributed by atoms with E-state index in [9.17, 15) is 9.59 Å². The first kappa shape index (κ1) is 20.6. The first-order chi connectivity index (χ1) is 13.6. The van der Waals surface area contributed by atoms with Gasteiger partial charge < -0.3 is 10.1 Å². The van der Waals surface area contributed by atoms with Gasteiger partial charge in [-0.1, -0.05) is 12.1 Å². The predicted octanol–water partition coefficient (Wildman–Crippen LogP) is 2.00. The number of ether oxygens (including phenoxy) is 1. The van der Waals surface area contributed by atoms with E-state index in [1.165, 1.54) is 33.9 Å². The van der Waals surface area contributed by atoms with Crippen molar-refractivity contribution in [3.8, 4) is 0 Å². The Hall–Kier alpha value is -2.16. The van der Waals surface area contributed by atoms with Gasteiger partial charge in [0.2, 0.25) is 0 Å². The number of amides is 1. The Balaban J connectivity index is 1.67. The van der Waals surface area contributed by atoms with Gasteiger partial charge in [0.25, 0.3) is 11.5 Å². The topological polar surface area (TPSA) is 76.5 Å². The Kier molecular flexibility index (Phi) is 7.24. The van der Waals surface area contributed by atoms with Gasteiger partial charge in [-0.2, -0.15) is 16.9 Å². The summed E-state index contributed by atoms with van der Waals surface area (Å²) in [6, 6.07) is 8.90. The number of thioether (sulfide) groups is 1. The van der Waals surface area contributed by atoms with E-state index in [0.29, 0.717) is 13.2 Å². The highest BCUT2D eigenvalue weighted by Crippen LogP contribution is 2.19. The number of aromatic nitrogens is 2. The fourth-order valence-corrected chi connectivity index (χ4v) is 4.05. The number of methoxy groups -OCH3 is 1. The largest absolute Gasteiger partial charge is 0.383 e. The summed E-state index contributed by atoms with van der Waals surface area (Å²) >= 11 is 2.00. The molecular formula is C20H26N4O3S. The van der Waals surface area contributed by atoms with Gasteiger partial charge in [-0.25, -0.2) is 4.68 Å². The minimum absolute atomic E-state index is 0.199. The molecule has 3 rings (SSSR count). The van der Waals surface area contributed by atoms with Crippen LogP contribution in [0.4, 0.5) is 5.69 Å². The monoisotopic (exact) mass is 402 g/mol. The smallest absolute Gasteiger partial charge is 0.276 e. The molecule has 0 atom stereocenters. The maximum atomic E-state index is 12.6. The number of rotatable bonds is 7. The number of hydrogen-bond donors (Lipinski definition) is 1. The molecule has 0 radical (unpaired) electrons. The average Bonchev–Trinajstić information content (AvgIpc) is 2.70. The normalized spacial score (nSPS) is 14.8. The van der Waals surface area contributed by atoms with Crippen molar-refractivity contribution >= 4 is 23.4 Å². The van der Waals surface area contributed by atoms with Crippen LogP contribution in [-0.2, 0) is 17.8 Å². The van der Waals surface area contributed by atoms with E-state index in [4.69, 9.17) is 4.74 Å². The van der Waals surface area contributed by atoms with Crippen molar-refractivity contribution in [3.05, 3.63) is 57.5 Å². The molecule has 1 aromatic heterocycles. The lowest BCUT2D eigenvalue weighted by Crippen LogP contribution is -2.32. The second kappa shape index (κ2) is 9.86. The summed E-state index contributed by atoms with van der Waals surface area (Å²) < 4.78 is 6.21. The fraction of sp³-hybridized carbons (Fsp3) is 0.450. The summed E-state index contributed by atoms with van der Waals surface area (Å²) in [4.78, 5) is 26.9. The van der Waals surface area contributed by atoms with Gasteiger partial charge in [-0.05, 0) is 30.2 Å². The molecule has 1 aliphatic rings. The zero-order chi connectivity index (χ0) is 19.9. The summed E-state index contributed by atoms with van der Waals surface area (Å²) in [5.74, 6) is 2.04. The molecule has 0 unspecified atom stereocenters. The van der Waals surface area contributed by atoms with Gasteiger partial charge in [0.05, 0.1) is 13.2 Å². The molecule has 2 heterocycles. The van der Waals surface area contributed by atoms with Crippen molar-refractivity contribution < 1.29 is 9.53 Å². The number of benzene rings is 1. The third-order valence-corrected chi connectivity index (χ3v) is 5.60. The predicted molar refractivity (Wildman–Crippen MR) is 112 cm³/mol. The summed E-state index contributed by atoms with van der Waals surface area (Å²) in [5.41, 5.74) is 2.94. The van der Waals surface area contributed by atoms with Crippen LogP contribution >= 0.6 is 11.8 Å². The summed E-state index contributed by atoms with van der Waals surface area (Å²) in [7, 11) is 1.55. The van der Waals surface area contributed by atoms with Crippen LogP contribution in [0, 0.1) is 6.92 Å². The molecule has 1 aliphatic heterocycles. The van der Waals surface area contributed by atoms with Gasteiger partial charge in [0, 0.05) is 50.0 Å². The number of carbonyl (C=O) groups is 1. The Labute approximate surface area is 169 Å². The van der Waals surface area contributed by atoms with E-state index < -0.39 is 0 Å². The fourth-order valence-electron chi connectivity index (χ4n) is 3.08. The van der Waals surface area contributed by atoms with Crippen molar-refractivity contribution in [2.24, 2.45) is 0 Å². The Morgan fingerprint density at radius 2 is 2.04 bits per heavy atom. The second-order valence-corrected chi connectivity index (χ2v) is 7.99. The van der Waals surface area contributed by atoms with Crippen LogP contribution in [0.5, 0.6) is 0 Å². The van der Waals surface area contributed by atoms with Gasteiger partial charge in [0.15, 0.2) is 0 Å². The van der Waals surface area contributed by atoms with E-state index in [-0.39, 0.29) is 17.2 Å². The van der Waals surface area contributed by atoms with Crippen molar-refractivity contribution in [1.82, 2.24) is 14.7 Å². The first-order valence-corrected chi connectivity index (χ1v) is 10.5. The third kappa shape index (κ3) is 5.43. The molecule has 7 nitrogen and oxygen atoms in total. The zero-order valence-electron chi connectivity index (χ0n) is 16.3. The van der Waals surface area contributed by atoms with Crippen LogP contribution in [0.1, 0.15) is 21.6 Å². The highest BCUT2D eigenvalue weighted by Gasteiger charge is 2.14. The van der Waals surface area contributed by atoms with Gasteiger partial charge in [-0.3, -0.25) is 14.5 Å². The van der Waals surface area contributed by atoms with Crippen molar-refractivity contribution in [2.75, 3.05) is 43.6 Å². The maximum Gasteiger partial charge on any atom is 0.276 e. The van der Waals surface area contributed by atoms with Crippen molar-refractivity contribution in [1.29, 1.82) is 0 Å². The average molecular weight is 403 g/mol. The molecule has 0 spiro atoms. The highest BCUT2D eigenvalue weighted by atomic mass is 32.2. The molecule has 2 aromatic rings. The minimum atomic E-state index is -0.338. The van der Waals surface area contributed by atoms with Crippen LogP contribution in [0.25, 0.3) is 0 Å². The molecule has 1 N–H and O–H groups in total. The summed E-state index contributed by atoms with van der Waals surface area (Å²) in [6.45, 7) is 5.81. The molecule has 1 amide bonds. The molecule has 8 heteroatoms. The standard InChI is InChI=1S/C20H26N4O3S/c1-15-13-16(14-23-8-11-28-12-9-23)3-4-17(15)21-20(26)18-5-6-19(25)24(22-18)7-10-27-2/h3-6,13H,7-12,14H2,1-2H3,(H,21,26). The summed E-state index contributed by atoms with van der Waals surface area (Å²) in [5, 5.41) is 7.03. The van der Waals surface area contributed by atoms with Crippen LogP contribution in [0.15, 0.2) is 35.1 Å². The van der Waals surface area contributed by atoms with E-state index in [0.717, 1.165) is 30.9 Å². The Bertz CT molecular complexity index is 878. The van der Waals surface area contributed by atoms with E-state index in [1.807, 2.05) is 24.8 Å². The first-order valence-electron chi connectivity index (χ1n) is 9.35. The number of aryl methyl sites for hydroxylation is 1. The van der Waals surface area contributed by atoms with Gasteiger partial charge in [-0.15, -0.1) is 0 Å².